The van der Waals surface area contributed by atoms with Gasteiger partial charge in [0.05, 0.1) is 19.8 Å². The number of rotatable bonds is 7. The van der Waals surface area contributed by atoms with Gasteiger partial charge in [0.1, 0.15) is 5.75 Å². The molecule has 0 aliphatic carbocycles. The Morgan fingerprint density at radius 2 is 2.19 bits per heavy atom. The number of likely N-dealkylation sites (tertiary alicyclic amines) is 1. The van der Waals surface area contributed by atoms with E-state index in [1.165, 1.54) is 5.56 Å². The highest BCUT2D eigenvalue weighted by atomic mass is 32.2. The molecule has 0 radical (unpaired) electrons. The molecule has 5 nitrogen and oxygen atoms in total. The number of hydrogen-bond acceptors (Lipinski definition) is 5. The van der Waals surface area contributed by atoms with E-state index < -0.39 is 0 Å². The van der Waals surface area contributed by atoms with E-state index in [1.54, 1.807) is 7.11 Å². The number of benzene rings is 1. The molecule has 3 N–H and O–H groups in total. The maximum atomic E-state index is 11.5. The van der Waals surface area contributed by atoms with E-state index in [4.69, 9.17) is 15.6 Å². The van der Waals surface area contributed by atoms with Gasteiger partial charge in [0, 0.05) is 24.1 Å². The highest BCUT2D eigenvalue weighted by molar-refractivity contribution is 7.99. The van der Waals surface area contributed by atoms with Gasteiger partial charge in [-0.2, -0.15) is 11.8 Å². The Morgan fingerprint density at radius 3 is 2.76 bits per heavy atom. The lowest BCUT2D eigenvalue weighted by atomic mass is 10.2. The highest BCUT2D eigenvalue weighted by Crippen LogP contribution is 2.30. The van der Waals surface area contributed by atoms with Crippen LogP contribution in [0, 0.1) is 0 Å². The molecule has 2 rings (SSSR count). The summed E-state index contributed by atoms with van der Waals surface area (Å²) >= 11 is 1.83. The van der Waals surface area contributed by atoms with Crippen LogP contribution in [0.25, 0.3) is 0 Å². The van der Waals surface area contributed by atoms with Crippen molar-refractivity contribution < 1.29 is 14.6 Å². The molecule has 0 spiro atoms. The van der Waals surface area contributed by atoms with Crippen molar-refractivity contribution in [3.05, 3.63) is 29.8 Å². The summed E-state index contributed by atoms with van der Waals surface area (Å²) in [7, 11) is 1.65. The van der Waals surface area contributed by atoms with Crippen LogP contribution in [0.5, 0.6) is 5.75 Å². The number of nitrogens with two attached hydrogens (primary N) is 1. The Kier molecular flexibility index (Phi) is 5.90. The van der Waals surface area contributed by atoms with E-state index >= 15 is 0 Å². The number of primary amides is 1. The fourth-order valence-corrected chi connectivity index (χ4v) is 3.83. The minimum Gasteiger partial charge on any atom is -0.497 e. The van der Waals surface area contributed by atoms with Crippen LogP contribution >= 0.6 is 11.8 Å². The van der Waals surface area contributed by atoms with Crippen molar-refractivity contribution in [3.63, 3.8) is 0 Å². The van der Waals surface area contributed by atoms with Gasteiger partial charge in [-0.25, -0.2) is 0 Å². The number of thioether (sulfide) groups is 1. The summed E-state index contributed by atoms with van der Waals surface area (Å²) in [5, 5.41) is 9.43. The Morgan fingerprint density at radius 1 is 1.48 bits per heavy atom. The van der Waals surface area contributed by atoms with Crippen LogP contribution in [-0.4, -0.2) is 54.0 Å². The third-order valence-corrected chi connectivity index (χ3v) is 5.04. The van der Waals surface area contributed by atoms with Crippen molar-refractivity contribution in [3.8, 4) is 5.75 Å². The second kappa shape index (κ2) is 7.68. The van der Waals surface area contributed by atoms with Gasteiger partial charge in [-0.1, -0.05) is 12.1 Å². The Labute approximate surface area is 129 Å². The average molecular weight is 310 g/mol. The fraction of sp³-hybridized carbons (Fsp3) is 0.533. The zero-order chi connectivity index (χ0) is 15.2. The Bertz CT molecular complexity index is 466. The molecule has 1 aliphatic rings. The van der Waals surface area contributed by atoms with Gasteiger partial charge in [0.15, 0.2) is 0 Å². The summed E-state index contributed by atoms with van der Waals surface area (Å²) in [5.74, 6) is 1.45. The van der Waals surface area contributed by atoms with E-state index in [1.807, 2.05) is 28.8 Å². The summed E-state index contributed by atoms with van der Waals surface area (Å²) < 4.78 is 5.14. The van der Waals surface area contributed by atoms with Crippen molar-refractivity contribution in [2.45, 2.75) is 23.5 Å². The number of hydrogen-bond donors (Lipinski definition) is 2. The van der Waals surface area contributed by atoms with E-state index in [0.717, 1.165) is 24.5 Å². The van der Waals surface area contributed by atoms with Crippen molar-refractivity contribution >= 4 is 17.7 Å². The standard InChI is InChI=1S/C15H22N2O3S/c1-20-12-4-2-11(3-5-12)10-21-13-8-14(15(16)19)17(9-13)6-7-18/h2-5,13-14,18H,6-10H2,1H3,(H2,16,19)/t13-,14-/m0/s1. The van der Waals surface area contributed by atoms with Crippen molar-refractivity contribution in [2.24, 2.45) is 5.73 Å². The van der Waals surface area contributed by atoms with Gasteiger partial charge in [-0.3, -0.25) is 9.69 Å². The maximum absolute atomic E-state index is 11.5. The highest BCUT2D eigenvalue weighted by Gasteiger charge is 2.35. The molecule has 1 fully saturated rings. The minimum atomic E-state index is -0.295. The molecule has 6 heteroatoms. The first kappa shape index (κ1) is 16.1. The van der Waals surface area contributed by atoms with Crippen molar-refractivity contribution in [1.82, 2.24) is 4.90 Å². The quantitative estimate of drug-likeness (QED) is 0.781. The lowest BCUT2D eigenvalue weighted by molar-refractivity contribution is -0.122. The Balaban J connectivity index is 1.87. The van der Waals surface area contributed by atoms with Crippen LogP contribution in [-0.2, 0) is 10.5 Å². The lowest BCUT2D eigenvalue weighted by Gasteiger charge is -2.19. The smallest absolute Gasteiger partial charge is 0.234 e. The van der Waals surface area contributed by atoms with Crippen molar-refractivity contribution in [1.29, 1.82) is 0 Å². The first-order valence-corrected chi connectivity index (χ1v) is 8.07. The van der Waals surface area contributed by atoms with E-state index in [2.05, 4.69) is 12.1 Å². The molecule has 1 heterocycles. The van der Waals surface area contributed by atoms with Gasteiger partial charge in [-0.15, -0.1) is 0 Å². The molecular weight excluding hydrogens is 288 g/mol. The SMILES string of the molecule is COc1ccc(CS[C@H]2C[C@@H](C(N)=O)N(CCO)C2)cc1. The predicted molar refractivity (Wildman–Crippen MR) is 84.3 cm³/mol. The van der Waals surface area contributed by atoms with E-state index in [9.17, 15) is 4.79 Å². The number of ether oxygens (including phenoxy) is 1. The summed E-state index contributed by atoms with van der Waals surface area (Å²) in [4.78, 5) is 13.4. The fourth-order valence-electron chi connectivity index (χ4n) is 2.59. The average Bonchev–Trinajstić information content (AvgIpc) is 2.89. The van der Waals surface area contributed by atoms with Crippen LogP contribution < -0.4 is 10.5 Å². The Hall–Kier alpha value is -1.24. The number of β-amino-alcohol motifs (C(OH)–C–C–N with tert-alkyl or cyclic N) is 1. The summed E-state index contributed by atoms with van der Waals surface area (Å²) in [6.07, 6.45) is 0.760. The molecule has 2 atom stereocenters. The monoisotopic (exact) mass is 310 g/mol. The molecule has 1 saturated heterocycles. The predicted octanol–water partition coefficient (Wildman–Crippen LogP) is 0.849. The topological polar surface area (TPSA) is 75.8 Å². The van der Waals surface area contributed by atoms with E-state index in [0.29, 0.717) is 11.8 Å². The van der Waals surface area contributed by atoms with Crippen LogP contribution in [0.2, 0.25) is 0 Å². The van der Waals surface area contributed by atoms with E-state index in [-0.39, 0.29) is 18.6 Å². The van der Waals surface area contributed by atoms with Crippen molar-refractivity contribution in [2.75, 3.05) is 26.8 Å². The summed E-state index contributed by atoms with van der Waals surface area (Å²) in [5.41, 5.74) is 6.67. The molecule has 1 aromatic rings. The van der Waals surface area contributed by atoms with Crippen LogP contribution in [0.15, 0.2) is 24.3 Å². The zero-order valence-corrected chi connectivity index (χ0v) is 13.0. The van der Waals surface area contributed by atoms with Gasteiger partial charge >= 0.3 is 0 Å². The normalized spacial score (nSPS) is 22.4. The molecule has 21 heavy (non-hydrogen) atoms. The molecule has 0 unspecified atom stereocenters. The molecule has 0 bridgehead atoms. The third-order valence-electron chi connectivity index (χ3n) is 3.73. The maximum Gasteiger partial charge on any atom is 0.234 e. The summed E-state index contributed by atoms with van der Waals surface area (Å²) in [6, 6.07) is 7.77. The molecule has 1 amide bonds. The first-order valence-electron chi connectivity index (χ1n) is 7.02. The lowest BCUT2D eigenvalue weighted by Crippen LogP contribution is -2.41. The number of methoxy groups -OCH3 is 1. The summed E-state index contributed by atoms with van der Waals surface area (Å²) in [6.45, 7) is 1.36. The molecule has 116 valence electrons. The van der Waals surface area contributed by atoms with Crippen LogP contribution in [0.4, 0.5) is 0 Å². The first-order chi connectivity index (χ1) is 10.1. The number of aliphatic hydroxyl groups excluding tert-OH is 1. The molecule has 0 aromatic heterocycles. The van der Waals surface area contributed by atoms with Gasteiger partial charge in [0.2, 0.25) is 5.91 Å². The number of amides is 1. The zero-order valence-electron chi connectivity index (χ0n) is 12.2. The van der Waals surface area contributed by atoms with Gasteiger partial charge in [-0.05, 0) is 24.1 Å². The molecular formula is C15H22N2O3S. The third kappa shape index (κ3) is 4.36. The van der Waals surface area contributed by atoms with Gasteiger partial charge < -0.3 is 15.6 Å². The van der Waals surface area contributed by atoms with Crippen LogP contribution in [0.1, 0.15) is 12.0 Å². The second-order valence-corrected chi connectivity index (χ2v) is 6.44. The number of carbonyl (C=O) groups is 1. The second-order valence-electron chi connectivity index (χ2n) is 5.15. The minimum absolute atomic E-state index is 0.0552. The molecule has 1 aromatic carbocycles. The molecule has 0 saturated carbocycles. The number of aliphatic hydroxyl groups is 1. The largest absolute Gasteiger partial charge is 0.497 e. The number of nitrogens with zero attached hydrogens (tertiary/aromatic N) is 1. The molecule has 1 aliphatic heterocycles. The number of carbonyl (C=O) groups excluding carboxylic acids is 1. The van der Waals surface area contributed by atoms with Crippen LogP contribution in [0.3, 0.4) is 0 Å². The van der Waals surface area contributed by atoms with Gasteiger partial charge in [0.25, 0.3) is 0 Å².